The minimum Gasteiger partial charge on any atom is -0.378 e. The average molecular weight is 428 g/mol. The second kappa shape index (κ2) is 7.57. The Kier molecular flexibility index (Phi) is 5.43. The summed E-state index contributed by atoms with van der Waals surface area (Å²) >= 11 is 5.91. The molecule has 3 aliphatic rings. The highest BCUT2D eigenvalue weighted by Crippen LogP contribution is 2.40. The minimum absolute atomic E-state index is 0.0401. The van der Waals surface area contributed by atoms with Gasteiger partial charge in [0.1, 0.15) is 0 Å². The number of hydrogen-bond acceptors (Lipinski definition) is 5. The highest BCUT2D eigenvalue weighted by molar-refractivity contribution is 7.89. The third kappa shape index (κ3) is 3.35. The van der Waals surface area contributed by atoms with Crippen LogP contribution >= 0.6 is 11.6 Å². The van der Waals surface area contributed by atoms with E-state index in [1.165, 1.54) is 0 Å². The van der Waals surface area contributed by atoms with Crippen molar-refractivity contribution in [3.05, 3.63) is 29.3 Å². The van der Waals surface area contributed by atoms with Crippen molar-refractivity contribution in [2.75, 3.05) is 39.9 Å². The topological polar surface area (TPSA) is 70.2 Å². The van der Waals surface area contributed by atoms with Crippen LogP contribution in [-0.4, -0.2) is 86.5 Å². The van der Waals surface area contributed by atoms with Gasteiger partial charge in [-0.2, -0.15) is 4.31 Å². The van der Waals surface area contributed by atoms with Crippen molar-refractivity contribution in [2.24, 2.45) is 5.92 Å². The third-order valence-corrected chi connectivity index (χ3v) is 8.60. The molecule has 1 aromatic carbocycles. The summed E-state index contributed by atoms with van der Waals surface area (Å²) in [5, 5.41) is 0.501. The number of nitrogens with zero attached hydrogens (tertiary/aromatic N) is 3. The molecule has 7 nitrogen and oxygen atoms in total. The molecule has 28 heavy (non-hydrogen) atoms. The predicted octanol–water partition coefficient (Wildman–Crippen LogP) is 1.28. The maximum Gasteiger partial charge on any atom is 0.243 e. The van der Waals surface area contributed by atoms with Gasteiger partial charge in [0, 0.05) is 42.8 Å². The molecule has 3 fully saturated rings. The number of carbonyl (C=O) groups excluding carboxylic acids is 1. The van der Waals surface area contributed by atoms with Crippen molar-refractivity contribution in [1.29, 1.82) is 0 Å². The molecule has 0 spiro atoms. The number of piperazine rings is 1. The second-order valence-corrected chi connectivity index (χ2v) is 10.2. The normalized spacial score (nSPS) is 31.9. The van der Waals surface area contributed by atoms with Gasteiger partial charge in [-0.1, -0.05) is 11.6 Å². The zero-order valence-corrected chi connectivity index (χ0v) is 17.7. The number of ether oxygens (including phenoxy) is 1. The SMILES string of the molecule is CC1[C@@H]2[C@@H](C(=O)N3CCOCC3)C[C@H](CN1S(=O)(=O)c1ccc(Cl)cc1)N2C. The van der Waals surface area contributed by atoms with Crippen LogP contribution in [0.3, 0.4) is 0 Å². The van der Waals surface area contributed by atoms with Gasteiger partial charge >= 0.3 is 0 Å². The van der Waals surface area contributed by atoms with E-state index in [-0.39, 0.29) is 34.8 Å². The van der Waals surface area contributed by atoms with E-state index in [0.29, 0.717) is 44.3 Å². The lowest BCUT2D eigenvalue weighted by molar-refractivity contribution is -0.140. The molecular formula is C19H26ClN3O4S. The van der Waals surface area contributed by atoms with E-state index in [1.807, 2.05) is 18.9 Å². The molecule has 1 amide bonds. The Morgan fingerprint density at radius 3 is 2.46 bits per heavy atom. The van der Waals surface area contributed by atoms with Crippen LogP contribution in [0.4, 0.5) is 0 Å². The summed E-state index contributed by atoms with van der Waals surface area (Å²) in [5.41, 5.74) is 0. The molecule has 4 rings (SSSR count). The highest BCUT2D eigenvalue weighted by atomic mass is 35.5. The lowest BCUT2D eigenvalue weighted by Gasteiger charge is -2.44. The van der Waals surface area contributed by atoms with E-state index in [2.05, 4.69) is 4.90 Å². The van der Waals surface area contributed by atoms with E-state index in [9.17, 15) is 13.2 Å². The van der Waals surface area contributed by atoms with E-state index in [4.69, 9.17) is 16.3 Å². The second-order valence-electron chi connectivity index (χ2n) is 7.86. The first-order valence-electron chi connectivity index (χ1n) is 9.66. The van der Waals surface area contributed by atoms with Crippen LogP contribution in [0.1, 0.15) is 13.3 Å². The summed E-state index contributed by atoms with van der Waals surface area (Å²) < 4.78 is 33.5. The van der Waals surface area contributed by atoms with Crippen molar-refractivity contribution in [1.82, 2.24) is 14.1 Å². The number of rotatable bonds is 3. The first-order valence-corrected chi connectivity index (χ1v) is 11.5. The van der Waals surface area contributed by atoms with Crippen molar-refractivity contribution >= 4 is 27.5 Å². The zero-order chi connectivity index (χ0) is 20.1. The fourth-order valence-electron chi connectivity index (χ4n) is 4.87. The number of hydrogen-bond donors (Lipinski definition) is 0. The number of fused-ring (bicyclic) bond motifs is 2. The van der Waals surface area contributed by atoms with Gasteiger partial charge in [-0.05, 0) is 44.7 Å². The first-order chi connectivity index (χ1) is 13.3. The van der Waals surface area contributed by atoms with Crippen LogP contribution in [0.15, 0.2) is 29.2 Å². The summed E-state index contributed by atoms with van der Waals surface area (Å²) in [7, 11) is -1.64. The molecule has 0 saturated carbocycles. The molecule has 0 radical (unpaired) electrons. The first kappa shape index (κ1) is 20.1. The summed E-state index contributed by atoms with van der Waals surface area (Å²) in [6.07, 6.45) is 0.689. The zero-order valence-electron chi connectivity index (χ0n) is 16.1. The van der Waals surface area contributed by atoms with Gasteiger partial charge in [0.2, 0.25) is 15.9 Å². The Morgan fingerprint density at radius 2 is 1.82 bits per heavy atom. The molecule has 3 heterocycles. The molecule has 0 aromatic heterocycles. The molecule has 0 N–H and O–H groups in total. The standard InChI is InChI=1S/C19H26ClN3O4S/c1-13-18-17(19(24)22-7-9-27-10-8-22)11-15(21(18)2)12-23(13)28(25,26)16-5-3-14(20)4-6-16/h3-6,13,15,17-18H,7-12H2,1-2H3/t13?,15-,17+,18-/m1/s1. The monoisotopic (exact) mass is 427 g/mol. The number of halogens is 1. The Morgan fingerprint density at radius 1 is 1.18 bits per heavy atom. The molecule has 0 aliphatic carbocycles. The van der Waals surface area contributed by atoms with Gasteiger partial charge in [-0.15, -0.1) is 0 Å². The third-order valence-electron chi connectivity index (χ3n) is 6.38. The molecular weight excluding hydrogens is 402 g/mol. The Balaban J connectivity index is 1.59. The molecule has 4 atom stereocenters. The lowest BCUT2D eigenvalue weighted by atomic mass is 9.93. The van der Waals surface area contributed by atoms with Gasteiger partial charge < -0.3 is 9.64 Å². The Labute approximate surface area is 171 Å². The van der Waals surface area contributed by atoms with Gasteiger partial charge in [0.15, 0.2) is 0 Å². The molecule has 1 unspecified atom stereocenters. The van der Waals surface area contributed by atoms with Gasteiger partial charge in [0.05, 0.1) is 24.0 Å². The predicted molar refractivity (Wildman–Crippen MR) is 106 cm³/mol. The molecule has 2 bridgehead atoms. The van der Waals surface area contributed by atoms with Crippen molar-refractivity contribution < 1.29 is 17.9 Å². The maximum atomic E-state index is 13.3. The van der Waals surface area contributed by atoms with Crippen LogP contribution in [0, 0.1) is 5.92 Å². The number of carbonyl (C=O) groups is 1. The number of benzene rings is 1. The van der Waals surface area contributed by atoms with Crippen LogP contribution in [-0.2, 0) is 19.6 Å². The minimum atomic E-state index is -3.65. The fraction of sp³-hybridized carbons (Fsp3) is 0.632. The van der Waals surface area contributed by atoms with Gasteiger partial charge in [0.25, 0.3) is 0 Å². The van der Waals surface area contributed by atoms with Gasteiger partial charge in [-0.3, -0.25) is 9.69 Å². The number of morpholine rings is 1. The number of sulfonamides is 1. The number of likely N-dealkylation sites (N-methyl/N-ethyl adjacent to an activating group) is 1. The van der Waals surface area contributed by atoms with Gasteiger partial charge in [-0.25, -0.2) is 8.42 Å². The molecule has 154 valence electrons. The number of amides is 1. The van der Waals surface area contributed by atoms with Crippen LogP contribution in [0.25, 0.3) is 0 Å². The van der Waals surface area contributed by atoms with E-state index in [1.54, 1.807) is 28.6 Å². The largest absolute Gasteiger partial charge is 0.378 e. The molecule has 3 aliphatic heterocycles. The van der Waals surface area contributed by atoms with Crippen molar-refractivity contribution in [3.63, 3.8) is 0 Å². The Hall–Kier alpha value is -1.19. The molecule has 1 aromatic rings. The van der Waals surface area contributed by atoms with Crippen molar-refractivity contribution in [2.45, 2.75) is 36.4 Å². The van der Waals surface area contributed by atoms with Crippen molar-refractivity contribution in [3.8, 4) is 0 Å². The average Bonchev–Trinajstić information content (AvgIpc) is 2.92. The highest BCUT2D eigenvalue weighted by Gasteiger charge is 2.54. The molecule has 9 heteroatoms. The van der Waals surface area contributed by atoms with Crippen LogP contribution in [0.2, 0.25) is 5.02 Å². The summed E-state index contributed by atoms with van der Waals surface area (Å²) in [4.78, 5) is 17.5. The van der Waals surface area contributed by atoms with E-state index >= 15 is 0 Å². The van der Waals surface area contributed by atoms with Crippen LogP contribution in [0.5, 0.6) is 0 Å². The Bertz CT molecular complexity index is 841. The molecule has 3 saturated heterocycles. The van der Waals surface area contributed by atoms with E-state index in [0.717, 1.165) is 0 Å². The summed E-state index contributed by atoms with van der Waals surface area (Å²) in [6, 6.07) is 5.89. The van der Waals surface area contributed by atoms with Crippen LogP contribution < -0.4 is 0 Å². The maximum absolute atomic E-state index is 13.3. The lowest BCUT2D eigenvalue weighted by Crippen LogP contribution is -2.60. The summed E-state index contributed by atoms with van der Waals surface area (Å²) in [5.74, 6) is -0.0613. The summed E-state index contributed by atoms with van der Waals surface area (Å²) in [6.45, 7) is 4.65. The fourth-order valence-corrected chi connectivity index (χ4v) is 6.68. The smallest absolute Gasteiger partial charge is 0.243 e. The quantitative estimate of drug-likeness (QED) is 0.726. The van der Waals surface area contributed by atoms with E-state index < -0.39 is 10.0 Å².